The van der Waals surface area contributed by atoms with Crippen molar-refractivity contribution in [1.82, 2.24) is 0 Å². The summed E-state index contributed by atoms with van der Waals surface area (Å²) < 4.78 is 6.42. The Bertz CT molecular complexity index is 631. The Labute approximate surface area is 135 Å². The molecule has 0 aromatic heterocycles. The van der Waals surface area contributed by atoms with Gasteiger partial charge in [-0.15, -0.1) is 0 Å². The first kappa shape index (κ1) is 15.7. The Kier molecular flexibility index (Phi) is 5.47. The Hall–Kier alpha value is -1.72. The third-order valence-electron chi connectivity index (χ3n) is 2.72. The number of carboxylic acid groups (broad SMARTS) is 1. The third-order valence-corrected chi connectivity index (χ3v) is 3.61. The van der Waals surface area contributed by atoms with Crippen molar-refractivity contribution in [2.24, 2.45) is 0 Å². The minimum absolute atomic E-state index is 0.241. The zero-order valence-electron chi connectivity index (χ0n) is 11.0. The van der Waals surface area contributed by atoms with Crippen LogP contribution in [0.5, 0.6) is 5.75 Å². The second kappa shape index (κ2) is 7.33. The van der Waals surface area contributed by atoms with E-state index in [0.717, 1.165) is 10.2 Å². The molecule has 0 aliphatic heterocycles. The van der Waals surface area contributed by atoms with Gasteiger partial charge in [0.05, 0.1) is 5.56 Å². The van der Waals surface area contributed by atoms with Gasteiger partial charge in [-0.2, -0.15) is 0 Å². The van der Waals surface area contributed by atoms with E-state index in [4.69, 9.17) is 21.4 Å². The van der Waals surface area contributed by atoms with Gasteiger partial charge in [-0.25, -0.2) is 4.79 Å². The molecule has 0 bridgehead atoms. The summed E-state index contributed by atoms with van der Waals surface area (Å²) in [6.45, 7) is 1.07. The van der Waals surface area contributed by atoms with E-state index >= 15 is 0 Å². The lowest BCUT2D eigenvalue weighted by Crippen LogP contribution is -2.11. The van der Waals surface area contributed by atoms with Crippen LogP contribution in [0.4, 0.5) is 5.69 Å². The lowest BCUT2D eigenvalue weighted by atomic mass is 10.2. The maximum absolute atomic E-state index is 10.7. The maximum atomic E-state index is 10.7. The van der Waals surface area contributed by atoms with E-state index in [1.165, 1.54) is 12.1 Å². The molecule has 0 atom stereocenters. The van der Waals surface area contributed by atoms with Crippen molar-refractivity contribution in [3.05, 3.63) is 57.5 Å². The lowest BCUT2D eigenvalue weighted by Gasteiger charge is -2.10. The predicted octanol–water partition coefficient (Wildman–Crippen LogP) is 4.29. The first-order valence-electron chi connectivity index (χ1n) is 6.21. The second-order valence-electron chi connectivity index (χ2n) is 4.23. The lowest BCUT2D eigenvalue weighted by molar-refractivity contribution is 0.0697. The molecule has 0 spiro atoms. The van der Waals surface area contributed by atoms with Crippen LogP contribution in [0.3, 0.4) is 0 Å². The summed E-state index contributed by atoms with van der Waals surface area (Å²) in [7, 11) is 0. The first-order chi connectivity index (χ1) is 10.1. The molecule has 0 aliphatic carbocycles. The van der Waals surface area contributed by atoms with E-state index in [2.05, 4.69) is 21.2 Å². The summed E-state index contributed by atoms with van der Waals surface area (Å²) in [5.41, 5.74) is 1.18. The van der Waals surface area contributed by atoms with Gasteiger partial charge in [0.25, 0.3) is 0 Å². The van der Waals surface area contributed by atoms with E-state index in [-0.39, 0.29) is 5.56 Å². The van der Waals surface area contributed by atoms with E-state index < -0.39 is 5.97 Å². The van der Waals surface area contributed by atoms with Crippen molar-refractivity contribution in [3.8, 4) is 5.75 Å². The van der Waals surface area contributed by atoms with Crippen LogP contribution in [0.1, 0.15) is 10.4 Å². The van der Waals surface area contributed by atoms with Gasteiger partial charge in [-0.1, -0.05) is 11.6 Å². The zero-order chi connectivity index (χ0) is 15.2. The molecule has 6 heteroatoms. The highest BCUT2D eigenvalue weighted by atomic mass is 79.9. The Morgan fingerprint density at radius 3 is 2.57 bits per heavy atom. The van der Waals surface area contributed by atoms with Crippen LogP contribution < -0.4 is 10.1 Å². The molecule has 0 radical (unpaired) electrons. The quantitative estimate of drug-likeness (QED) is 0.745. The highest BCUT2D eigenvalue weighted by molar-refractivity contribution is 9.10. The van der Waals surface area contributed by atoms with Crippen molar-refractivity contribution in [2.75, 3.05) is 18.5 Å². The molecule has 0 unspecified atom stereocenters. The van der Waals surface area contributed by atoms with E-state index in [1.807, 2.05) is 12.1 Å². The topological polar surface area (TPSA) is 58.6 Å². The van der Waals surface area contributed by atoms with Crippen molar-refractivity contribution in [1.29, 1.82) is 0 Å². The molecule has 0 heterocycles. The van der Waals surface area contributed by atoms with Crippen molar-refractivity contribution >= 4 is 39.2 Å². The van der Waals surface area contributed by atoms with Gasteiger partial charge in [-0.05, 0) is 58.4 Å². The molecular weight excluding hydrogens is 358 g/mol. The molecule has 0 saturated carbocycles. The van der Waals surface area contributed by atoms with Crippen LogP contribution in [0.15, 0.2) is 46.9 Å². The summed E-state index contributed by atoms with van der Waals surface area (Å²) in [6.07, 6.45) is 0. The second-order valence-corrected chi connectivity index (χ2v) is 5.52. The molecule has 4 nitrogen and oxygen atoms in total. The molecule has 21 heavy (non-hydrogen) atoms. The minimum atomic E-state index is -0.948. The molecule has 110 valence electrons. The summed E-state index contributed by atoms with van der Waals surface area (Å²) in [5.74, 6) is -0.312. The van der Waals surface area contributed by atoms with E-state index in [0.29, 0.717) is 23.9 Å². The number of benzene rings is 2. The largest absolute Gasteiger partial charge is 0.492 e. The van der Waals surface area contributed by atoms with Gasteiger partial charge in [-0.3, -0.25) is 0 Å². The molecular formula is C15H13BrClNO3. The fraction of sp³-hybridized carbons (Fsp3) is 0.133. The van der Waals surface area contributed by atoms with Crippen LogP contribution in [-0.2, 0) is 0 Å². The van der Waals surface area contributed by atoms with Gasteiger partial charge >= 0.3 is 5.97 Å². The molecule has 0 aliphatic rings. The minimum Gasteiger partial charge on any atom is -0.492 e. The van der Waals surface area contributed by atoms with Crippen molar-refractivity contribution in [2.45, 2.75) is 0 Å². The van der Waals surface area contributed by atoms with Gasteiger partial charge in [0.15, 0.2) is 0 Å². The number of hydrogen-bond acceptors (Lipinski definition) is 3. The van der Waals surface area contributed by atoms with Gasteiger partial charge in [0, 0.05) is 21.7 Å². The van der Waals surface area contributed by atoms with Gasteiger partial charge in [0.2, 0.25) is 0 Å². The van der Waals surface area contributed by atoms with Crippen molar-refractivity contribution in [3.63, 3.8) is 0 Å². The van der Waals surface area contributed by atoms with Gasteiger partial charge < -0.3 is 15.2 Å². The maximum Gasteiger partial charge on any atom is 0.335 e. The normalized spacial score (nSPS) is 10.2. The van der Waals surface area contributed by atoms with Crippen LogP contribution in [0.25, 0.3) is 0 Å². The number of carboxylic acids is 1. The molecule has 2 aromatic carbocycles. The molecule has 2 aromatic rings. The average molecular weight is 371 g/mol. The third kappa shape index (κ3) is 4.65. The fourth-order valence-electron chi connectivity index (χ4n) is 1.68. The molecule has 2 rings (SSSR count). The number of anilines is 1. The molecule has 0 fully saturated rings. The van der Waals surface area contributed by atoms with Crippen LogP contribution >= 0.6 is 27.5 Å². The Balaban J connectivity index is 1.80. The number of carbonyl (C=O) groups is 1. The number of rotatable bonds is 6. The summed E-state index contributed by atoms with van der Waals surface area (Å²) in [5, 5.41) is 12.7. The highest BCUT2D eigenvalue weighted by Crippen LogP contribution is 2.25. The molecule has 0 saturated heterocycles. The smallest absolute Gasteiger partial charge is 0.335 e. The zero-order valence-corrected chi connectivity index (χ0v) is 13.3. The highest BCUT2D eigenvalue weighted by Gasteiger charge is 2.03. The molecule has 2 N–H and O–H groups in total. The number of ether oxygens (including phenoxy) is 1. The molecule has 0 amide bonds. The number of halogens is 2. The number of aromatic carboxylic acids is 1. The first-order valence-corrected chi connectivity index (χ1v) is 7.38. The number of hydrogen-bond donors (Lipinski definition) is 2. The van der Waals surface area contributed by atoms with E-state index in [9.17, 15) is 4.79 Å². The van der Waals surface area contributed by atoms with Gasteiger partial charge in [0.1, 0.15) is 12.4 Å². The Morgan fingerprint density at radius 2 is 1.95 bits per heavy atom. The van der Waals surface area contributed by atoms with Crippen LogP contribution in [-0.4, -0.2) is 24.2 Å². The van der Waals surface area contributed by atoms with E-state index in [1.54, 1.807) is 18.2 Å². The summed E-state index contributed by atoms with van der Waals surface area (Å²) in [4.78, 5) is 10.7. The monoisotopic (exact) mass is 369 g/mol. The average Bonchev–Trinajstić information content (AvgIpc) is 2.46. The number of nitrogens with one attached hydrogen (secondary N) is 1. The van der Waals surface area contributed by atoms with Crippen LogP contribution in [0, 0.1) is 0 Å². The summed E-state index contributed by atoms with van der Waals surface area (Å²) >= 11 is 9.29. The van der Waals surface area contributed by atoms with Crippen molar-refractivity contribution < 1.29 is 14.6 Å². The summed E-state index contributed by atoms with van der Waals surface area (Å²) in [6, 6.07) is 11.8. The Morgan fingerprint density at radius 1 is 1.24 bits per heavy atom. The predicted molar refractivity (Wildman–Crippen MR) is 86.5 cm³/mol. The standard InChI is InChI=1S/C15H13BrClNO3/c16-13-9-11(17)3-6-14(13)18-7-8-21-12-4-1-10(2-5-12)15(19)20/h1-6,9,18H,7-8H2,(H,19,20). The SMILES string of the molecule is O=C(O)c1ccc(OCCNc2ccc(Cl)cc2Br)cc1. The fourth-order valence-corrected chi connectivity index (χ4v) is 2.50. The van der Waals surface area contributed by atoms with Crippen LogP contribution in [0.2, 0.25) is 5.02 Å².